The minimum Gasteiger partial charge on any atom is -0.0843 e. The molecule has 0 aliphatic heterocycles. The third-order valence-corrected chi connectivity index (χ3v) is 8.19. The Morgan fingerprint density at radius 3 is 1.56 bits per heavy atom. The van der Waals surface area contributed by atoms with Crippen molar-refractivity contribution in [1.82, 2.24) is 0 Å². The zero-order chi connectivity index (χ0) is 24.4. The van der Waals surface area contributed by atoms with E-state index in [4.69, 9.17) is 11.6 Å². The first-order chi connectivity index (χ1) is 17.5. The summed E-state index contributed by atoms with van der Waals surface area (Å²) in [7, 11) is 0. The molecule has 0 atom stereocenters. The van der Waals surface area contributed by atoms with Gasteiger partial charge in [-0.15, -0.1) is 0 Å². The number of rotatable bonds is 2. The predicted molar refractivity (Wildman–Crippen MR) is 155 cm³/mol. The maximum atomic E-state index is 6.24. The molecule has 0 aromatic heterocycles. The average Bonchev–Trinajstić information content (AvgIpc) is 3.14. The number of halogens is 1. The summed E-state index contributed by atoms with van der Waals surface area (Å²) in [5, 5.41) is 5.82. The Morgan fingerprint density at radius 1 is 0.472 bits per heavy atom. The maximum Gasteiger partial charge on any atom is 0.0406 e. The van der Waals surface area contributed by atoms with Crippen molar-refractivity contribution < 1.29 is 0 Å². The highest BCUT2D eigenvalue weighted by atomic mass is 35.5. The molecule has 0 amide bonds. The Hall–Kier alpha value is -3.87. The van der Waals surface area contributed by atoms with Crippen LogP contribution >= 0.6 is 11.6 Å². The number of benzene rings is 6. The second-order valence-corrected chi connectivity index (χ2v) is 10.7. The molecule has 0 saturated carbocycles. The van der Waals surface area contributed by atoms with Crippen LogP contribution in [-0.2, 0) is 5.41 Å². The lowest BCUT2D eigenvalue weighted by atomic mass is 9.80. The number of fused-ring (bicyclic) bond motifs is 5. The van der Waals surface area contributed by atoms with Gasteiger partial charge in [0.2, 0.25) is 0 Å². The Labute approximate surface area is 216 Å². The molecule has 6 aromatic carbocycles. The van der Waals surface area contributed by atoms with Crippen LogP contribution in [-0.4, -0.2) is 0 Å². The third kappa shape index (κ3) is 3.01. The summed E-state index contributed by atoms with van der Waals surface area (Å²) in [6.45, 7) is 4.70. The molecule has 172 valence electrons. The van der Waals surface area contributed by atoms with Crippen LogP contribution in [0.2, 0.25) is 5.02 Å². The van der Waals surface area contributed by atoms with Crippen LogP contribution in [0.3, 0.4) is 0 Å². The summed E-state index contributed by atoms with van der Waals surface area (Å²) in [5.41, 5.74) is 10.5. The van der Waals surface area contributed by atoms with E-state index in [1.807, 2.05) is 12.1 Å². The molecule has 0 radical (unpaired) electrons. The maximum absolute atomic E-state index is 6.24. The van der Waals surface area contributed by atoms with Crippen LogP contribution in [0, 0.1) is 0 Å². The molecule has 0 saturated heterocycles. The fourth-order valence-corrected chi connectivity index (χ4v) is 6.35. The monoisotopic (exact) mass is 480 g/mol. The lowest BCUT2D eigenvalue weighted by molar-refractivity contribution is 0.660. The first-order valence-corrected chi connectivity index (χ1v) is 12.9. The Balaban J connectivity index is 1.56. The fraction of sp³-hybridized carbons (Fsp3) is 0.0857. The van der Waals surface area contributed by atoms with Crippen molar-refractivity contribution in [3.8, 4) is 33.4 Å². The highest BCUT2D eigenvalue weighted by Crippen LogP contribution is 2.51. The SMILES string of the molecule is CC1(C)c2ccccc2-c2ccc(-c3c4ccccc4c(-c4ccc(Cl)cc4)c4ccccc34)cc21. The second kappa shape index (κ2) is 7.82. The van der Waals surface area contributed by atoms with E-state index in [1.165, 1.54) is 66.1 Å². The largest absolute Gasteiger partial charge is 0.0843 e. The minimum atomic E-state index is -0.0310. The molecule has 1 aliphatic rings. The summed E-state index contributed by atoms with van der Waals surface area (Å²) in [6.07, 6.45) is 0. The molecule has 1 heteroatoms. The molecular weight excluding hydrogens is 456 g/mol. The van der Waals surface area contributed by atoms with Crippen LogP contribution in [0.25, 0.3) is 54.9 Å². The van der Waals surface area contributed by atoms with E-state index in [0.717, 1.165) is 5.02 Å². The van der Waals surface area contributed by atoms with Crippen molar-refractivity contribution in [3.63, 3.8) is 0 Å². The number of hydrogen-bond donors (Lipinski definition) is 0. The normalized spacial score (nSPS) is 13.6. The molecule has 0 unspecified atom stereocenters. The molecule has 7 rings (SSSR count). The van der Waals surface area contributed by atoms with Gasteiger partial charge in [-0.05, 0) is 84.3 Å². The quantitative estimate of drug-likeness (QED) is 0.216. The summed E-state index contributed by atoms with van der Waals surface area (Å²) in [4.78, 5) is 0. The summed E-state index contributed by atoms with van der Waals surface area (Å²) in [5.74, 6) is 0. The van der Waals surface area contributed by atoms with E-state index in [2.05, 4.69) is 117 Å². The molecule has 0 fully saturated rings. The van der Waals surface area contributed by atoms with E-state index >= 15 is 0 Å². The minimum absolute atomic E-state index is 0.0310. The third-order valence-electron chi connectivity index (χ3n) is 7.94. The zero-order valence-electron chi connectivity index (χ0n) is 20.3. The molecule has 0 heterocycles. The van der Waals surface area contributed by atoms with E-state index in [-0.39, 0.29) is 5.41 Å². The first kappa shape index (κ1) is 21.4. The first-order valence-electron chi connectivity index (χ1n) is 12.5. The molecule has 36 heavy (non-hydrogen) atoms. The van der Waals surface area contributed by atoms with E-state index in [0.29, 0.717) is 0 Å². The fourth-order valence-electron chi connectivity index (χ4n) is 6.23. The van der Waals surface area contributed by atoms with E-state index < -0.39 is 0 Å². The van der Waals surface area contributed by atoms with Crippen molar-refractivity contribution >= 4 is 33.1 Å². The van der Waals surface area contributed by atoms with Gasteiger partial charge >= 0.3 is 0 Å². The van der Waals surface area contributed by atoms with Crippen LogP contribution in [0.1, 0.15) is 25.0 Å². The Morgan fingerprint density at radius 2 is 0.944 bits per heavy atom. The van der Waals surface area contributed by atoms with Crippen molar-refractivity contribution in [1.29, 1.82) is 0 Å². The van der Waals surface area contributed by atoms with Gasteiger partial charge in [-0.25, -0.2) is 0 Å². The summed E-state index contributed by atoms with van der Waals surface area (Å²) in [6, 6.07) is 41.8. The lowest BCUT2D eigenvalue weighted by Crippen LogP contribution is -2.14. The topological polar surface area (TPSA) is 0 Å². The van der Waals surface area contributed by atoms with E-state index in [9.17, 15) is 0 Å². The number of hydrogen-bond acceptors (Lipinski definition) is 0. The summed E-state index contributed by atoms with van der Waals surface area (Å²) >= 11 is 6.24. The van der Waals surface area contributed by atoms with Gasteiger partial charge in [0.1, 0.15) is 0 Å². The average molecular weight is 481 g/mol. The molecule has 0 spiro atoms. The molecular formula is C35H25Cl. The zero-order valence-corrected chi connectivity index (χ0v) is 21.1. The van der Waals surface area contributed by atoms with Crippen molar-refractivity contribution in [3.05, 3.63) is 131 Å². The van der Waals surface area contributed by atoms with Crippen molar-refractivity contribution in [2.45, 2.75) is 19.3 Å². The van der Waals surface area contributed by atoms with Crippen LogP contribution < -0.4 is 0 Å². The van der Waals surface area contributed by atoms with Gasteiger partial charge in [0.05, 0.1) is 0 Å². The highest BCUT2D eigenvalue weighted by Gasteiger charge is 2.35. The van der Waals surface area contributed by atoms with Gasteiger partial charge in [-0.3, -0.25) is 0 Å². The standard InChI is InChI=1S/C35H25Cl/c1-35(2)31-14-8-7-9-25(31)26-20-17-23(21-32(26)35)34-29-12-5-3-10-27(29)33(22-15-18-24(36)19-16-22)28-11-4-6-13-30(28)34/h3-21H,1-2H3. The van der Waals surface area contributed by atoms with Gasteiger partial charge in [-0.2, -0.15) is 0 Å². The molecule has 1 aliphatic carbocycles. The van der Waals surface area contributed by atoms with Crippen molar-refractivity contribution in [2.24, 2.45) is 0 Å². The molecule has 6 aromatic rings. The smallest absolute Gasteiger partial charge is 0.0406 e. The predicted octanol–water partition coefficient (Wildman–Crippen LogP) is 10.3. The summed E-state index contributed by atoms with van der Waals surface area (Å²) < 4.78 is 0. The molecule has 0 nitrogen and oxygen atoms in total. The van der Waals surface area contributed by atoms with E-state index in [1.54, 1.807) is 0 Å². The Bertz CT molecular complexity index is 1750. The van der Waals surface area contributed by atoms with Crippen LogP contribution in [0.15, 0.2) is 115 Å². The van der Waals surface area contributed by atoms with Crippen molar-refractivity contribution in [2.75, 3.05) is 0 Å². The second-order valence-electron chi connectivity index (χ2n) is 10.3. The highest BCUT2D eigenvalue weighted by molar-refractivity contribution is 6.30. The van der Waals surface area contributed by atoms with Gasteiger partial charge in [-0.1, -0.05) is 123 Å². The van der Waals surface area contributed by atoms with Gasteiger partial charge in [0, 0.05) is 10.4 Å². The molecule has 0 N–H and O–H groups in total. The Kier molecular flexibility index (Phi) is 4.65. The molecule has 0 bridgehead atoms. The van der Waals surface area contributed by atoms with Crippen LogP contribution in [0.5, 0.6) is 0 Å². The van der Waals surface area contributed by atoms with Gasteiger partial charge in [0.25, 0.3) is 0 Å². The van der Waals surface area contributed by atoms with Gasteiger partial charge < -0.3 is 0 Å². The van der Waals surface area contributed by atoms with Gasteiger partial charge in [0.15, 0.2) is 0 Å². The van der Waals surface area contributed by atoms with Crippen LogP contribution in [0.4, 0.5) is 0 Å². The lowest BCUT2D eigenvalue weighted by Gasteiger charge is -2.23.